The highest BCUT2D eigenvalue weighted by molar-refractivity contribution is 6.06. The van der Waals surface area contributed by atoms with Crippen LogP contribution in [0.4, 0.5) is 4.39 Å². The van der Waals surface area contributed by atoms with Crippen LogP contribution in [0.1, 0.15) is 48.8 Å². The van der Waals surface area contributed by atoms with Gasteiger partial charge >= 0.3 is 0 Å². The number of hydrogen-bond acceptors (Lipinski definition) is 7. The fourth-order valence-corrected chi connectivity index (χ4v) is 5.06. The Morgan fingerprint density at radius 2 is 1.85 bits per heavy atom. The molecule has 1 aromatic heterocycles. The highest BCUT2D eigenvalue weighted by atomic mass is 19.1. The van der Waals surface area contributed by atoms with Crippen molar-refractivity contribution in [3.05, 3.63) is 77.4 Å². The van der Waals surface area contributed by atoms with Crippen molar-refractivity contribution in [2.75, 3.05) is 26.3 Å². The summed E-state index contributed by atoms with van der Waals surface area (Å²) in [5.41, 5.74) is 2.63. The zero-order valence-electron chi connectivity index (χ0n) is 18.5. The zero-order valence-corrected chi connectivity index (χ0v) is 18.5. The van der Waals surface area contributed by atoms with Gasteiger partial charge < -0.3 is 14.4 Å². The Kier molecular flexibility index (Phi) is 4.99. The van der Waals surface area contributed by atoms with E-state index in [1.807, 2.05) is 48.4 Å². The van der Waals surface area contributed by atoms with Gasteiger partial charge in [0.25, 0.3) is 0 Å². The third kappa shape index (κ3) is 3.63. The van der Waals surface area contributed by atoms with E-state index in [4.69, 9.17) is 19.6 Å². The molecular formula is C25H26FN5O2. The van der Waals surface area contributed by atoms with Gasteiger partial charge in [0, 0.05) is 6.54 Å². The predicted molar refractivity (Wildman–Crippen MR) is 122 cm³/mol. The molecule has 0 saturated carbocycles. The maximum atomic E-state index is 13.9. The van der Waals surface area contributed by atoms with Gasteiger partial charge in [-0.05, 0) is 61.7 Å². The Balaban J connectivity index is 1.28. The van der Waals surface area contributed by atoms with Crippen molar-refractivity contribution in [1.82, 2.24) is 14.9 Å². The van der Waals surface area contributed by atoms with E-state index in [1.54, 1.807) is 12.1 Å². The number of hydrogen-bond donors (Lipinski definition) is 0. The van der Waals surface area contributed by atoms with Gasteiger partial charge in [0.2, 0.25) is 5.79 Å². The predicted octanol–water partition coefficient (Wildman–Crippen LogP) is 3.92. The summed E-state index contributed by atoms with van der Waals surface area (Å²) in [6, 6.07) is 12.8. The van der Waals surface area contributed by atoms with Crippen molar-refractivity contribution < 1.29 is 13.9 Å². The number of rotatable bonds is 3. The van der Waals surface area contributed by atoms with E-state index in [0.717, 1.165) is 48.0 Å². The molecule has 8 heteroatoms. The molecule has 0 spiro atoms. The number of aliphatic imine (C=N–C) groups is 1. The Bertz CT molecular complexity index is 1160. The molecule has 6 rings (SSSR count). The quantitative estimate of drug-likeness (QED) is 0.714. The summed E-state index contributed by atoms with van der Waals surface area (Å²) in [4.78, 5) is 11.8. The third-order valence-corrected chi connectivity index (χ3v) is 6.74. The summed E-state index contributed by atoms with van der Waals surface area (Å²) in [6.07, 6.45) is 6.04. The summed E-state index contributed by atoms with van der Waals surface area (Å²) in [7, 11) is 0. The number of likely N-dealkylation sites (tertiary alicyclic amines) is 1. The number of fused-ring (bicyclic) bond motifs is 1. The van der Waals surface area contributed by atoms with Crippen molar-refractivity contribution in [2.24, 2.45) is 10.1 Å². The molecule has 2 fully saturated rings. The minimum Gasteiger partial charge on any atom is -0.348 e. The number of nitrogens with zero attached hydrogens (tertiary/aromatic N) is 5. The zero-order chi connectivity index (χ0) is 22.4. The van der Waals surface area contributed by atoms with Crippen LogP contribution < -0.4 is 0 Å². The minimum absolute atomic E-state index is 0.0971. The molecule has 0 bridgehead atoms. The number of ether oxygens (including phenoxy) is 2. The summed E-state index contributed by atoms with van der Waals surface area (Å²) >= 11 is 0. The van der Waals surface area contributed by atoms with Crippen LogP contribution in [0.3, 0.4) is 0 Å². The Morgan fingerprint density at radius 3 is 2.70 bits per heavy atom. The number of benzene rings is 1. The van der Waals surface area contributed by atoms with E-state index in [2.05, 4.69) is 9.89 Å². The molecular weight excluding hydrogens is 421 g/mol. The van der Waals surface area contributed by atoms with Crippen molar-refractivity contribution >= 4 is 11.7 Å². The first-order valence-corrected chi connectivity index (χ1v) is 11.5. The molecule has 2 atom stereocenters. The number of hydrazone groups is 1. The van der Waals surface area contributed by atoms with Gasteiger partial charge in [-0.25, -0.2) is 14.4 Å². The minimum atomic E-state index is -0.817. The number of pyridine rings is 1. The van der Waals surface area contributed by atoms with Crippen LogP contribution in [-0.2, 0) is 15.3 Å². The Hall–Kier alpha value is -3.10. The van der Waals surface area contributed by atoms with E-state index in [1.165, 1.54) is 6.07 Å². The van der Waals surface area contributed by atoms with Crippen LogP contribution in [0.25, 0.3) is 0 Å². The maximum absolute atomic E-state index is 13.9. The first-order valence-electron chi connectivity index (χ1n) is 11.5. The van der Waals surface area contributed by atoms with E-state index in [0.29, 0.717) is 19.8 Å². The monoisotopic (exact) mass is 447 g/mol. The van der Waals surface area contributed by atoms with Crippen LogP contribution in [-0.4, -0.2) is 52.9 Å². The number of amidine groups is 2. The first-order chi connectivity index (χ1) is 16.1. The molecule has 0 amide bonds. The maximum Gasteiger partial charge on any atom is 0.209 e. The molecule has 7 nitrogen and oxygen atoms in total. The van der Waals surface area contributed by atoms with Gasteiger partial charge in [-0.15, -0.1) is 0 Å². The van der Waals surface area contributed by atoms with Crippen LogP contribution >= 0.6 is 0 Å². The lowest BCUT2D eigenvalue weighted by molar-refractivity contribution is -0.152. The SMILES string of the molecule is CC1(c2cccc(C3CN=C4C=CC(N5CCC[C@@H]5c5cccc(F)c5)=NN43)n2)OCCO1. The smallest absolute Gasteiger partial charge is 0.209 e. The second kappa shape index (κ2) is 8.04. The molecule has 2 aromatic rings. The molecule has 1 unspecified atom stereocenters. The molecule has 33 heavy (non-hydrogen) atoms. The van der Waals surface area contributed by atoms with Gasteiger partial charge in [0.05, 0.1) is 37.2 Å². The summed E-state index contributed by atoms with van der Waals surface area (Å²) in [5.74, 6) is 0.682. The number of aromatic nitrogens is 1. The fraction of sp³-hybridized carbons (Fsp3) is 0.400. The van der Waals surface area contributed by atoms with E-state index in [-0.39, 0.29) is 17.9 Å². The molecule has 0 N–H and O–H groups in total. The van der Waals surface area contributed by atoms with Crippen LogP contribution in [0.15, 0.2) is 64.7 Å². The highest BCUT2D eigenvalue weighted by Gasteiger charge is 2.38. The second-order valence-corrected chi connectivity index (χ2v) is 8.85. The average Bonchev–Trinajstić information content (AvgIpc) is 3.59. The van der Waals surface area contributed by atoms with E-state index >= 15 is 0 Å². The van der Waals surface area contributed by atoms with E-state index < -0.39 is 5.79 Å². The molecule has 5 heterocycles. The lowest BCUT2D eigenvalue weighted by Gasteiger charge is -2.32. The lowest BCUT2D eigenvalue weighted by atomic mass is 10.0. The topological polar surface area (TPSA) is 62.6 Å². The Morgan fingerprint density at radius 1 is 1.03 bits per heavy atom. The van der Waals surface area contributed by atoms with Gasteiger partial charge in [-0.1, -0.05) is 18.2 Å². The fourth-order valence-electron chi connectivity index (χ4n) is 5.06. The molecule has 1 aromatic carbocycles. The first kappa shape index (κ1) is 20.5. The molecule has 170 valence electrons. The van der Waals surface area contributed by atoms with Gasteiger partial charge in [-0.2, -0.15) is 5.10 Å². The standard InChI is InChI=1S/C25H26FN5O2/c1-25(32-13-14-33-25)22-9-3-7-19(28-22)21-16-27-23-10-11-24(29-31(21)23)30-12-4-8-20(30)17-5-2-6-18(26)15-17/h2-3,5-7,9-11,15,20-21H,4,8,12-14,16H2,1H3/t20-,21?/m1/s1. The average molecular weight is 448 g/mol. The van der Waals surface area contributed by atoms with Crippen molar-refractivity contribution in [2.45, 2.75) is 37.6 Å². The normalized spacial score (nSPS) is 25.9. The largest absolute Gasteiger partial charge is 0.348 e. The van der Waals surface area contributed by atoms with Crippen LogP contribution in [0, 0.1) is 5.82 Å². The summed E-state index contributed by atoms with van der Waals surface area (Å²) in [5, 5.41) is 6.95. The molecule has 2 saturated heterocycles. The van der Waals surface area contributed by atoms with Crippen molar-refractivity contribution in [3.63, 3.8) is 0 Å². The summed E-state index contributed by atoms with van der Waals surface area (Å²) < 4.78 is 25.5. The van der Waals surface area contributed by atoms with Gasteiger partial charge in [-0.3, -0.25) is 4.99 Å². The molecule has 0 radical (unpaired) electrons. The second-order valence-electron chi connectivity index (χ2n) is 8.85. The number of halogens is 1. The Labute approximate surface area is 192 Å². The highest BCUT2D eigenvalue weighted by Crippen LogP contribution is 2.36. The molecule has 4 aliphatic rings. The summed E-state index contributed by atoms with van der Waals surface area (Å²) in [6.45, 7) is 4.50. The van der Waals surface area contributed by atoms with Crippen LogP contribution in [0.2, 0.25) is 0 Å². The molecule has 0 aliphatic carbocycles. The molecule has 4 aliphatic heterocycles. The van der Waals surface area contributed by atoms with E-state index in [9.17, 15) is 4.39 Å². The van der Waals surface area contributed by atoms with Crippen molar-refractivity contribution in [1.29, 1.82) is 0 Å². The lowest BCUT2D eigenvalue weighted by Crippen LogP contribution is -2.37. The van der Waals surface area contributed by atoms with Gasteiger partial charge in [0.15, 0.2) is 0 Å². The van der Waals surface area contributed by atoms with Crippen molar-refractivity contribution in [3.8, 4) is 0 Å². The third-order valence-electron chi connectivity index (χ3n) is 6.74. The van der Waals surface area contributed by atoms with Crippen LogP contribution in [0.5, 0.6) is 0 Å². The van der Waals surface area contributed by atoms with Gasteiger partial charge in [0.1, 0.15) is 23.5 Å².